The van der Waals surface area contributed by atoms with E-state index in [1.165, 1.54) is 33.2 Å². The van der Waals surface area contributed by atoms with E-state index in [-0.39, 0.29) is 11.7 Å². The van der Waals surface area contributed by atoms with Crippen LogP contribution in [0, 0.1) is 6.92 Å². The van der Waals surface area contributed by atoms with Crippen LogP contribution >= 0.6 is 11.3 Å². The quantitative estimate of drug-likeness (QED) is 0.599. The number of hydrogen-bond donors (Lipinski definition) is 1. The molecule has 0 atom stereocenters. The van der Waals surface area contributed by atoms with Gasteiger partial charge in [0, 0.05) is 11.5 Å². The first kappa shape index (κ1) is 13.7. The third-order valence-electron chi connectivity index (χ3n) is 4.42. The van der Waals surface area contributed by atoms with Crippen LogP contribution in [0.1, 0.15) is 27.4 Å². The summed E-state index contributed by atoms with van der Waals surface area (Å²) in [6.45, 7) is 1.78. The molecule has 0 aliphatic heterocycles. The van der Waals surface area contributed by atoms with Crippen LogP contribution in [0.4, 0.5) is 5.13 Å². The molecule has 5 nitrogen and oxygen atoms in total. The second-order valence-electron chi connectivity index (χ2n) is 6.03. The molecule has 0 fully saturated rings. The lowest BCUT2D eigenvalue weighted by molar-refractivity contribution is 0.0988. The lowest BCUT2D eigenvalue weighted by atomic mass is 10.0. The summed E-state index contributed by atoms with van der Waals surface area (Å²) in [5.74, 6) is -0.132. The fraction of sp³-hybridized carbons (Fsp3) is 0.167. The van der Waals surface area contributed by atoms with E-state index >= 15 is 0 Å². The maximum atomic E-state index is 12.2. The van der Waals surface area contributed by atoms with Crippen molar-refractivity contribution in [2.75, 3.05) is 5.32 Å². The molecular weight excluding hydrogens is 322 g/mol. The zero-order valence-electron chi connectivity index (χ0n) is 12.9. The molecule has 0 bridgehead atoms. The van der Waals surface area contributed by atoms with Crippen LogP contribution in [0.3, 0.4) is 0 Å². The SMILES string of the molecule is Cc1cc(C(=O)Nc2nc3c(cc4c5c(cccc53)CC4)s2)on1. The number of aryl methyl sites for hydroxylation is 3. The van der Waals surface area contributed by atoms with E-state index < -0.39 is 0 Å². The molecular formula is C18H13N3O2S. The van der Waals surface area contributed by atoms with E-state index in [9.17, 15) is 4.79 Å². The molecule has 0 unspecified atom stereocenters. The topological polar surface area (TPSA) is 68.0 Å². The number of hydrogen-bond acceptors (Lipinski definition) is 5. The molecule has 0 radical (unpaired) electrons. The summed E-state index contributed by atoms with van der Waals surface area (Å²) in [7, 11) is 0. The summed E-state index contributed by atoms with van der Waals surface area (Å²) in [6, 6.07) is 10.2. The van der Waals surface area contributed by atoms with Gasteiger partial charge in [-0.05, 0) is 42.3 Å². The molecule has 0 saturated heterocycles. The number of aromatic nitrogens is 2. The predicted molar refractivity (Wildman–Crippen MR) is 93.7 cm³/mol. The minimum Gasteiger partial charge on any atom is -0.351 e. The summed E-state index contributed by atoms with van der Waals surface area (Å²) in [6.07, 6.45) is 2.17. The van der Waals surface area contributed by atoms with Crippen molar-refractivity contribution >= 4 is 43.4 Å². The van der Waals surface area contributed by atoms with E-state index in [0.29, 0.717) is 10.8 Å². The minimum absolute atomic E-state index is 0.195. The van der Waals surface area contributed by atoms with Gasteiger partial charge in [0.1, 0.15) is 0 Å². The van der Waals surface area contributed by atoms with Gasteiger partial charge in [-0.2, -0.15) is 0 Å². The van der Waals surface area contributed by atoms with Crippen LogP contribution in [-0.2, 0) is 12.8 Å². The second kappa shape index (κ2) is 4.88. The number of nitrogens with one attached hydrogen (secondary N) is 1. The molecule has 1 N–H and O–H groups in total. The molecule has 1 aliphatic rings. The molecule has 4 aromatic rings. The van der Waals surface area contributed by atoms with Gasteiger partial charge in [0.15, 0.2) is 5.13 Å². The summed E-state index contributed by atoms with van der Waals surface area (Å²) in [5, 5.41) is 9.63. The van der Waals surface area contributed by atoms with Gasteiger partial charge in [-0.3, -0.25) is 10.1 Å². The van der Waals surface area contributed by atoms with Crippen molar-refractivity contribution in [1.82, 2.24) is 10.1 Å². The van der Waals surface area contributed by atoms with Crippen molar-refractivity contribution in [2.24, 2.45) is 0 Å². The maximum Gasteiger partial charge on any atom is 0.296 e. The monoisotopic (exact) mass is 335 g/mol. The van der Waals surface area contributed by atoms with Crippen LogP contribution < -0.4 is 5.32 Å². The lowest BCUT2D eigenvalue weighted by Crippen LogP contribution is -2.10. The highest BCUT2D eigenvalue weighted by Crippen LogP contribution is 2.39. The number of nitrogens with zero attached hydrogens (tertiary/aromatic N) is 2. The first-order chi connectivity index (χ1) is 11.7. The number of carbonyl (C=O) groups is 1. The molecule has 1 amide bonds. The average molecular weight is 335 g/mol. The van der Waals surface area contributed by atoms with E-state index in [2.05, 4.69) is 39.7 Å². The van der Waals surface area contributed by atoms with Crippen LogP contribution in [0.2, 0.25) is 0 Å². The number of fused-ring (bicyclic) bond motifs is 2. The zero-order chi connectivity index (χ0) is 16.3. The Hall–Kier alpha value is -2.73. The van der Waals surface area contributed by atoms with Gasteiger partial charge in [-0.15, -0.1) is 0 Å². The lowest BCUT2D eigenvalue weighted by Gasteiger charge is -2.02. The minimum atomic E-state index is -0.327. The molecule has 2 heterocycles. The number of rotatable bonds is 2. The van der Waals surface area contributed by atoms with Crippen LogP contribution in [0.25, 0.3) is 21.0 Å². The smallest absolute Gasteiger partial charge is 0.296 e. The van der Waals surface area contributed by atoms with Gasteiger partial charge in [0.25, 0.3) is 5.91 Å². The number of benzene rings is 2. The molecule has 6 heteroatoms. The third-order valence-corrected chi connectivity index (χ3v) is 5.34. The van der Waals surface area contributed by atoms with E-state index in [1.54, 1.807) is 13.0 Å². The van der Waals surface area contributed by atoms with E-state index in [4.69, 9.17) is 4.52 Å². The highest BCUT2D eigenvalue weighted by molar-refractivity contribution is 7.22. The predicted octanol–water partition coefficient (Wildman–Crippen LogP) is 4.10. The Morgan fingerprint density at radius 3 is 2.96 bits per heavy atom. The van der Waals surface area contributed by atoms with Crippen molar-refractivity contribution in [3.63, 3.8) is 0 Å². The van der Waals surface area contributed by atoms with E-state index in [0.717, 1.165) is 23.1 Å². The summed E-state index contributed by atoms with van der Waals surface area (Å²) < 4.78 is 6.10. The summed E-state index contributed by atoms with van der Waals surface area (Å²) in [4.78, 5) is 16.9. The van der Waals surface area contributed by atoms with Gasteiger partial charge in [0.05, 0.1) is 15.9 Å². The van der Waals surface area contributed by atoms with Crippen molar-refractivity contribution in [3.8, 4) is 0 Å². The standard InChI is InChI=1S/C18H13N3O2S/c1-9-7-13(23-21-9)17(22)20-18-19-16-12-4-2-3-10-5-6-11(15(10)12)8-14(16)24-18/h2-4,7-8H,5-6H2,1H3,(H,19,20,22). The average Bonchev–Trinajstić information content (AvgIpc) is 3.27. The Balaban J connectivity index is 1.60. The molecule has 24 heavy (non-hydrogen) atoms. The fourth-order valence-corrected chi connectivity index (χ4v) is 4.33. The van der Waals surface area contributed by atoms with Crippen LogP contribution in [-0.4, -0.2) is 16.0 Å². The fourth-order valence-electron chi connectivity index (χ4n) is 3.39. The van der Waals surface area contributed by atoms with Crippen LogP contribution in [0.5, 0.6) is 0 Å². The normalized spacial score (nSPS) is 13.0. The molecule has 2 aromatic heterocycles. The van der Waals surface area contributed by atoms with Gasteiger partial charge < -0.3 is 4.52 Å². The maximum absolute atomic E-state index is 12.2. The highest BCUT2D eigenvalue weighted by Gasteiger charge is 2.19. The molecule has 1 aliphatic carbocycles. The molecule has 0 spiro atoms. The first-order valence-electron chi connectivity index (χ1n) is 7.78. The van der Waals surface area contributed by atoms with Crippen molar-refractivity contribution < 1.29 is 9.32 Å². The van der Waals surface area contributed by atoms with Crippen LogP contribution in [0.15, 0.2) is 34.9 Å². The van der Waals surface area contributed by atoms with Gasteiger partial charge in [-0.1, -0.05) is 34.7 Å². The third kappa shape index (κ3) is 1.96. The molecule has 0 saturated carbocycles. The second-order valence-corrected chi connectivity index (χ2v) is 7.06. The molecule has 2 aromatic carbocycles. The van der Waals surface area contributed by atoms with Gasteiger partial charge in [-0.25, -0.2) is 4.98 Å². The number of amides is 1. The van der Waals surface area contributed by atoms with Crippen molar-refractivity contribution in [2.45, 2.75) is 19.8 Å². The Labute approximate surface area is 141 Å². The summed E-state index contributed by atoms with van der Waals surface area (Å²) in [5.41, 5.74) is 4.39. The van der Waals surface area contributed by atoms with Crippen molar-refractivity contribution in [1.29, 1.82) is 0 Å². The largest absolute Gasteiger partial charge is 0.351 e. The molecule has 5 rings (SSSR count). The van der Waals surface area contributed by atoms with Gasteiger partial charge in [0.2, 0.25) is 5.76 Å². The highest BCUT2D eigenvalue weighted by atomic mass is 32.1. The van der Waals surface area contributed by atoms with E-state index in [1.807, 2.05) is 0 Å². The van der Waals surface area contributed by atoms with Crippen molar-refractivity contribution in [3.05, 3.63) is 52.9 Å². The first-order valence-corrected chi connectivity index (χ1v) is 8.59. The zero-order valence-corrected chi connectivity index (χ0v) is 13.7. The summed E-state index contributed by atoms with van der Waals surface area (Å²) >= 11 is 1.49. The number of anilines is 1. The Morgan fingerprint density at radius 2 is 2.12 bits per heavy atom. The number of thiazole rings is 1. The molecule has 118 valence electrons. The van der Waals surface area contributed by atoms with Gasteiger partial charge >= 0.3 is 0 Å². The Kier molecular flexibility index (Phi) is 2.78. The number of carbonyl (C=O) groups excluding carboxylic acids is 1. The Bertz CT molecular complexity index is 1130. The Morgan fingerprint density at radius 1 is 1.25 bits per heavy atom.